The molecule has 0 bridgehead atoms. The molecule has 1 aromatic carbocycles. The number of benzene rings is 1. The highest BCUT2D eigenvalue weighted by Crippen LogP contribution is 2.19. The molecular formula is C12H14NO. The lowest BCUT2D eigenvalue weighted by molar-refractivity contribution is 0.188. The molecule has 0 spiro atoms. The fourth-order valence-electron chi connectivity index (χ4n) is 1.70. The minimum Gasteiger partial charge on any atom is -0.383 e. The van der Waals surface area contributed by atoms with Crippen molar-refractivity contribution in [2.24, 2.45) is 0 Å². The summed E-state index contributed by atoms with van der Waals surface area (Å²) < 4.78 is 7.24. The van der Waals surface area contributed by atoms with Crippen LogP contribution in [0.2, 0.25) is 0 Å². The van der Waals surface area contributed by atoms with Gasteiger partial charge >= 0.3 is 0 Å². The van der Waals surface area contributed by atoms with Crippen LogP contribution in [0.25, 0.3) is 10.9 Å². The Morgan fingerprint density at radius 2 is 2.14 bits per heavy atom. The number of ether oxygens (including phenoxy) is 1. The van der Waals surface area contributed by atoms with Crippen LogP contribution in [-0.4, -0.2) is 18.3 Å². The van der Waals surface area contributed by atoms with Gasteiger partial charge in [-0.3, -0.25) is 0 Å². The van der Waals surface area contributed by atoms with E-state index in [0.717, 1.165) is 18.7 Å². The van der Waals surface area contributed by atoms with Crippen molar-refractivity contribution in [3.8, 4) is 0 Å². The molecule has 0 N–H and O–H groups in total. The number of fused-ring (bicyclic) bond motifs is 1. The highest BCUT2D eigenvalue weighted by molar-refractivity contribution is 5.84. The first-order valence-electron chi connectivity index (χ1n) is 4.71. The van der Waals surface area contributed by atoms with Crippen LogP contribution in [0.1, 0.15) is 5.56 Å². The number of hydrogen-bond donors (Lipinski definition) is 0. The number of hydrogen-bond acceptors (Lipinski definition) is 1. The van der Waals surface area contributed by atoms with Gasteiger partial charge in [0, 0.05) is 30.8 Å². The molecule has 0 aliphatic rings. The molecule has 0 aliphatic heterocycles. The number of rotatable bonds is 3. The van der Waals surface area contributed by atoms with Gasteiger partial charge in [-0.1, -0.05) is 18.2 Å². The predicted molar refractivity (Wildman–Crippen MR) is 58.3 cm³/mol. The zero-order valence-corrected chi connectivity index (χ0v) is 8.36. The van der Waals surface area contributed by atoms with E-state index >= 15 is 0 Å². The largest absolute Gasteiger partial charge is 0.383 e. The van der Waals surface area contributed by atoms with Crippen molar-refractivity contribution < 1.29 is 4.74 Å². The third kappa shape index (κ3) is 1.53. The summed E-state index contributed by atoms with van der Waals surface area (Å²) in [5, 5.41) is 1.23. The van der Waals surface area contributed by atoms with Crippen LogP contribution in [0.15, 0.2) is 30.5 Å². The SMILES string of the molecule is [CH2]c1cn(CCOC)c2ccccc12. The van der Waals surface area contributed by atoms with Gasteiger partial charge in [0.25, 0.3) is 0 Å². The average molecular weight is 188 g/mol. The summed E-state index contributed by atoms with van der Waals surface area (Å²) in [7, 11) is 1.72. The van der Waals surface area contributed by atoms with Gasteiger partial charge in [0.05, 0.1) is 6.61 Å². The molecule has 1 heterocycles. The van der Waals surface area contributed by atoms with Crippen molar-refractivity contribution in [3.05, 3.63) is 42.9 Å². The smallest absolute Gasteiger partial charge is 0.0641 e. The Hall–Kier alpha value is -1.28. The van der Waals surface area contributed by atoms with Gasteiger partial charge in [0.1, 0.15) is 0 Å². The van der Waals surface area contributed by atoms with Gasteiger partial charge in [-0.15, -0.1) is 0 Å². The molecule has 2 rings (SSSR count). The quantitative estimate of drug-likeness (QED) is 0.721. The summed E-state index contributed by atoms with van der Waals surface area (Å²) in [4.78, 5) is 0. The zero-order valence-electron chi connectivity index (χ0n) is 8.36. The maximum atomic E-state index is 5.06. The molecule has 14 heavy (non-hydrogen) atoms. The van der Waals surface area contributed by atoms with Crippen molar-refractivity contribution in [1.29, 1.82) is 0 Å². The van der Waals surface area contributed by atoms with Gasteiger partial charge in [-0.2, -0.15) is 0 Å². The van der Waals surface area contributed by atoms with E-state index in [9.17, 15) is 0 Å². The first-order valence-corrected chi connectivity index (χ1v) is 4.71. The predicted octanol–water partition coefficient (Wildman–Crippen LogP) is 2.47. The topological polar surface area (TPSA) is 14.2 Å². The summed E-state index contributed by atoms with van der Waals surface area (Å²) in [5.74, 6) is 0. The average Bonchev–Trinajstić information content (AvgIpc) is 2.54. The molecule has 0 unspecified atom stereocenters. The van der Waals surface area contributed by atoms with Gasteiger partial charge in [-0.05, 0) is 18.6 Å². The van der Waals surface area contributed by atoms with Crippen LogP contribution in [0.5, 0.6) is 0 Å². The summed E-state index contributed by atoms with van der Waals surface area (Å²) in [5.41, 5.74) is 2.31. The van der Waals surface area contributed by atoms with E-state index in [4.69, 9.17) is 4.74 Å². The van der Waals surface area contributed by atoms with Gasteiger partial charge in [-0.25, -0.2) is 0 Å². The van der Waals surface area contributed by atoms with E-state index in [1.54, 1.807) is 7.11 Å². The minimum absolute atomic E-state index is 0.734. The van der Waals surface area contributed by atoms with Crippen LogP contribution in [-0.2, 0) is 11.3 Å². The minimum atomic E-state index is 0.734. The molecule has 1 radical (unpaired) electrons. The Kier molecular flexibility index (Phi) is 2.55. The van der Waals surface area contributed by atoms with E-state index in [1.807, 2.05) is 12.1 Å². The molecule has 0 aliphatic carbocycles. The molecular weight excluding hydrogens is 174 g/mol. The second-order valence-electron chi connectivity index (χ2n) is 3.36. The highest BCUT2D eigenvalue weighted by Gasteiger charge is 2.03. The molecule has 2 nitrogen and oxygen atoms in total. The molecule has 2 aromatic rings. The Bertz CT molecular complexity index is 431. The fourth-order valence-corrected chi connectivity index (χ4v) is 1.70. The highest BCUT2D eigenvalue weighted by atomic mass is 16.5. The van der Waals surface area contributed by atoms with Crippen LogP contribution in [0.3, 0.4) is 0 Å². The van der Waals surface area contributed by atoms with Gasteiger partial charge < -0.3 is 9.30 Å². The molecule has 0 saturated heterocycles. The summed E-state index contributed by atoms with van der Waals surface area (Å²) in [6, 6.07) is 8.30. The van der Waals surface area contributed by atoms with Gasteiger partial charge in [0.2, 0.25) is 0 Å². The van der Waals surface area contributed by atoms with Crippen molar-refractivity contribution in [2.75, 3.05) is 13.7 Å². The summed E-state index contributed by atoms with van der Waals surface area (Å²) in [6.45, 7) is 5.63. The van der Waals surface area contributed by atoms with Crippen molar-refractivity contribution in [2.45, 2.75) is 6.54 Å². The second kappa shape index (κ2) is 3.84. The molecule has 2 heteroatoms. The lowest BCUT2D eigenvalue weighted by Gasteiger charge is -2.03. The third-order valence-electron chi connectivity index (χ3n) is 2.41. The molecule has 0 atom stereocenters. The maximum Gasteiger partial charge on any atom is 0.0641 e. The van der Waals surface area contributed by atoms with Crippen molar-refractivity contribution in [1.82, 2.24) is 4.57 Å². The van der Waals surface area contributed by atoms with Crippen molar-refractivity contribution >= 4 is 10.9 Å². The van der Waals surface area contributed by atoms with Crippen LogP contribution < -0.4 is 0 Å². The Morgan fingerprint density at radius 1 is 1.36 bits per heavy atom. The number of methoxy groups -OCH3 is 1. The molecule has 73 valence electrons. The second-order valence-corrected chi connectivity index (χ2v) is 3.36. The Morgan fingerprint density at radius 3 is 2.93 bits per heavy atom. The fraction of sp³-hybridized carbons (Fsp3) is 0.250. The molecule has 1 aromatic heterocycles. The molecule has 0 fully saturated rings. The normalized spacial score (nSPS) is 11.0. The van der Waals surface area contributed by atoms with E-state index in [2.05, 4.69) is 29.8 Å². The maximum absolute atomic E-state index is 5.06. The van der Waals surface area contributed by atoms with E-state index in [-0.39, 0.29) is 0 Å². The van der Waals surface area contributed by atoms with E-state index in [0.29, 0.717) is 0 Å². The monoisotopic (exact) mass is 188 g/mol. The lowest BCUT2D eigenvalue weighted by Crippen LogP contribution is -2.02. The van der Waals surface area contributed by atoms with Crippen LogP contribution >= 0.6 is 0 Å². The standard InChI is InChI=1S/C12H14NO/c1-10-9-13(7-8-14-2)12-6-4-3-5-11(10)12/h3-6,9H,1,7-8H2,2H3. The molecule has 0 saturated carbocycles. The number of aromatic nitrogens is 1. The Labute approximate surface area is 84.1 Å². The van der Waals surface area contributed by atoms with Gasteiger partial charge in [0.15, 0.2) is 0 Å². The summed E-state index contributed by atoms with van der Waals surface area (Å²) >= 11 is 0. The molecule has 0 amide bonds. The van der Waals surface area contributed by atoms with E-state index < -0.39 is 0 Å². The first kappa shape index (κ1) is 9.28. The van der Waals surface area contributed by atoms with E-state index in [1.165, 1.54) is 10.9 Å². The number of para-hydroxylation sites is 1. The van der Waals surface area contributed by atoms with Crippen molar-refractivity contribution in [3.63, 3.8) is 0 Å². The van der Waals surface area contributed by atoms with Crippen LogP contribution in [0, 0.1) is 6.92 Å². The zero-order chi connectivity index (χ0) is 9.97. The third-order valence-corrected chi connectivity index (χ3v) is 2.41. The number of nitrogens with zero attached hydrogens (tertiary/aromatic N) is 1. The Balaban J connectivity index is 2.44. The van der Waals surface area contributed by atoms with Crippen LogP contribution in [0.4, 0.5) is 0 Å². The first-order chi connectivity index (χ1) is 6.83. The summed E-state index contributed by atoms with van der Waals surface area (Å²) in [6.07, 6.45) is 2.07. The lowest BCUT2D eigenvalue weighted by atomic mass is 10.2.